The quantitative estimate of drug-likeness (QED) is 0.908. The number of piperidine rings is 1. The van der Waals surface area contributed by atoms with Crippen molar-refractivity contribution in [2.45, 2.75) is 45.2 Å². The first kappa shape index (κ1) is 15.0. The molecular formula is C16H25BrN2. The van der Waals surface area contributed by atoms with Gasteiger partial charge in [0, 0.05) is 29.6 Å². The highest BCUT2D eigenvalue weighted by Crippen LogP contribution is 2.30. The highest BCUT2D eigenvalue weighted by molar-refractivity contribution is 9.10. The minimum absolute atomic E-state index is 0.392. The summed E-state index contributed by atoms with van der Waals surface area (Å²) in [5.74, 6) is 0.651. The van der Waals surface area contributed by atoms with Gasteiger partial charge in [-0.3, -0.25) is 4.90 Å². The largest absolute Gasteiger partial charge is 0.327 e. The second-order valence-electron chi connectivity index (χ2n) is 5.59. The van der Waals surface area contributed by atoms with E-state index >= 15 is 0 Å². The zero-order valence-electron chi connectivity index (χ0n) is 12.0. The van der Waals surface area contributed by atoms with Crippen molar-refractivity contribution in [3.8, 4) is 0 Å². The Morgan fingerprint density at radius 2 is 2.00 bits per heavy atom. The van der Waals surface area contributed by atoms with Crippen LogP contribution in [0.3, 0.4) is 0 Å². The number of rotatable bonds is 4. The van der Waals surface area contributed by atoms with Crippen LogP contribution in [-0.4, -0.2) is 24.0 Å². The van der Waals surface area contributed by atoms with Crippen LogP contribution in [0.15, 0.2) is 28.7 Å². The van der Waals surface area contributed by atoms with E-state index in [2.05, 4.69) is 58.9 Å². The fraction of sp³-hybridized carbons (Fsp3) is 0.625. The lowest BCUT2D eigenvalue weighted by Gasteiger charge is -2.41. The molecule has 1 aliphatic heterocycles. The summed E-state index contributed by atoms with van der Waals surface area (Å²) in [6, 6.07) is 9.70. The van der Waals surface area contributed by atoms with Crippen molar-refractivity contribution in [1.82, 2.24) is 4.90 Å². The molecule has 1 aromatic rings. The summed E-state index contributed by atoms with van der Waals surface area (Å²) >= 11 is 3.51. The zero-order chi connectivity index (χ0) is 13.8. The lowest BCUT2D eigenvalue weighted by Crippen LogP contribution is -2.47. The lowest BCUT2D eigenvalue weighted by atomic mass is 9.88. The van der Waals surface area contributed by atoms with Gasteiger partial charge in [-0.25, -0.2) is 0 Å². The molecule has 19 heavy (non-hydrogen) atoms. The molecule has 0 radical (unpaired) electrons. The van der Waals surface area contributed by atoms with Crippen molar-refractivity contribution in [2.24, 2.45) is 11.7 Å². The van der Waals surface area contributed by atoms with E-state index in [0.29, 0.717) is 18.0 Å². The Kier molecular flexibility index (Phi) is 5.43. The van der Waals surface area contributed by atoms with E-state index in [1.165, 1.54) is 12.0 Å². The van der Waals surface area contributed by atoms with Gasteiger partial charge in [-0.05, 0) is 36.5 Å². The van der Waals surface area contributed by atoms with Gasteiger partial charge in [-0.15, -0.1) is 0 Å². The van der Waals surface area contributed by atoms with E-state index < -0.39 is 0 Å². The van der Waals surface area contributed by atoms with E-state index in [-0.39, 0.29) is 0 Å². The standard InChI is InChI=1S/C16H25BrN2/c1-3-12-11-19(10-9-15(12)18)16(4-2)13-5-7-14(17)8-6-13/h5-8,12,15-16H,3-4,9-11,18H2,1-2H3. The van der Waals surface area contributed by atoms with E-state index in [9.17, 15) is 0 Å². The summed E-state index contributed by atoms with van der Waals surface area (Å²) in [7, 11) is 0. The molecule has 1 heterocycles. The molecular weight excluding hydrogens is 300 g/mol. The highest BCUT2D eigenvalue weighted by Gasteiger charge is 2.29. The molecule has 2 nitrogen and oxygen atoms in total. The van der Waals surface area contributed by atoms with E-state index in [1.807, 2.05) is 0 Å². The fourth-order valence-corrected chi connectivity index (χ4v) is 3.45. The first-order chi connectivity index (χ1) is 9.15. The molecule has 1 saturated heterocycles. The summed E-state index contributed by atoms with van der Waals surface area (Å²) in [6.07, 6.45) is 3.48. The van der Waals surface area contributed by atoms with Crippen LogP contribution in [0.2, 0.25) is 0 Å². The van der Waals surface area contributed by atoms with Crippen molar-refractivity contribution in [2.75, 3.05) is 13.1 Å². The smallest absolute Gasteiger partial charge is 0.0345 e. The molecule has 0 aromatic heterocycles. The Bertz CT molecular complexity index is 390. The molecule has 0 bridgehead atoms. The van der Waals surface area contributed by atoms with Crippen molar-refractivity contribution < 1.29 is 0 Å². The van der Waals surface area contributed by atoms with Crippen molar-refractivity contribution in [1.29, 1.82) is 0 Å². The number of hydrogen-bond acceptors (Lipinski definition) is 2. The number of nitrogens with zero attached hydrogens (tertiary/aromatic N) is 1. The Morgan fingerprint density at radius 3 is 2.58 bits per heavy atom. The molecule has 0 spiro atoms. The fourth-order valence-electron chi connectivity index (χ4n) is 3.18. The predicted octanol–water partition coefficient (Wildman–Crippen LogP) is 3.96. The van der Waals surface area contributed by atoms with Crippen LogP contribution in [0.4, 0.5) is 0 Å². The van der Waals surface area contributed by atoms with Crippen LogP contribution in [-0.2, 0) is 0 Å². The van der Waals surface area contributed by atoms with Crippen LogP contribution in [0, 0.1) is 5.92 Å². The second kappa shape index (κ2) is 6.87. The minimum atomic E-state index is 0.392. The van der Waals surface area contributed by atoms with Crippen LogP contribution in [0.1, 0.15) is 44.7 Å². The first-order valence-corrected chi connectivity index (χ1v) is 8.20. The number of benzene rings is 1. The van der Waals surface area contributed by atoms with Gasteiger partial charge < -0.3 is 5.73 Å². The van der Waals surface area contributed by atoms with Crippen molar-refractivity contribution in [3.63, 3.8) is 0 Å². The van der Waals surface area contributed by atoms with Crippen LogP contribution < -0.4 is 5.73 Å². The van der Waals surface area contributed by atoms with Gasteiger partial charge in [0.1, 0.15) is 0 Å². The van der Waals surface area contributed by atoms with Gasteiger partial charge in [-0.2, -0.15) is 0 Å². The van der Waals surface area contributed by atoms with Crippen molar-refractivity contribution >= 4 is 15.9 Å². The van der Waals surface area contributed by atoms with Crippen molar-refractivity contribution in [3.05, 3.63) is 34.3 Å². The zero-order valence-corrected chi connectivity index (χ0v) is 13.6. The average molecular weight is 325 g/mol. The SMILES string of the molecule is CCC1CN(C(CC)c2ccc(Br)cc2)CCC1N. The Morgan fingerprint density at radius 1 is 1.32 bits per heavy atom. The van der Waals surface area contributed by atoms with Crippen LogP contribution in [0.25, 0.3) is 0 Å². The molecule has 1 aliphatic rings. The molecule has 3 unspecified atom stereocenters. The monoisotopic (exact) mass is 324 g/mol. The molecule has 0 amide bonds. The molecule has 1 aromatic carbocycles. The molecule has 2 rings (SSSR count). The third-order valence-electron chi connectivity index (χ3n) is 4.43. The lowest BCUT2D eigenvalue weighted by molar-refractivity contribution is 0.104. The number of halogens is 1. The Balaban J connectivity index is 2.11. The molecule has 3 heteroatoms. The second-order valence-corrected chi connectivity index (χ2v) is 6.51. The summed E-state index contributed by atoms with van der Waals surface area (Å²) in [5.41, 5.74) is 7.65. The van der Waals surface area contributed by atoms with Crippen LogP contribution >= 0.6 is 15.9 Å². The molecule has 2 N–H and O–H groups in total. The average Bonchev–Trinajstić information content (AvgIpc) is 2.43. The molecule has 3 atom stereocenters. The predicted molar refractivity (Wildman–Crippen MR) is 85.1 cm³/mol. The van der Waals surface area contributed by atoms with E-state index in [1.54, 1.807) is 0 Å². The van der Waals surface area contributed by atoms with Gasteiger partial charge in [0.05, 0.1) is 0 Å². The molecule has 106 valence electrons. The number of likely N-dealkylation sites (tertiary alicyclic amines) is 1. The Labute approximate surface area is 125 Å². The molecule has 0 saturated carbocycles. The Hall–Kier alpha value is -0.380. The van der Waals surface area contributed by atoms with Gasteiger partial charge in [0.25, 0.3) is 0 Å². The summed E-state index contributed by atoms with van der Waals surface area (Å²) < 4.78 is 1.15. The molecule has 1 fully saturated rings. The summed E-state index contributed by atoms with van der Waals surface area (Å²) in [5, 5.41) is 0. The molecule has 0 aliphatic carbocycles. The highest BCUT2D eigenvalue weighted by atomic mass is 79.9. The third-order valence-corrected chi connectivity index (χ3v) is 4.96. The maximum absolute atomic E-state index is 6.22. The van der Waals surface area contributed by atoms with Gasteiger partial charge in [0.15, 0.2) is 0 Å². The van der Waals surface area contributed by atoms with E-state index in [4.69, 9.17) is 5.73 Å². The maximum Gasteiger partial charge on any atom is 0.0345 e. The minimum Gasteiger partial charge on any atom is -0.327 e. The maximum atomic E-state index is 6.22. The number of hydrogen-bond donors (Lipinski definition) is 1. The van der Waals surface area contributed by atoms with Gasteiger partial charge in [0.2, 0.25) is 0 Å². The number of nitrogens with two attached hydrogens (primary N) is 1. The van der Waals surface area contributed by atoms with Gasteiger partial charge >= 0.3 is 0 Å². The third kappa shape index (κ3) is 3.59. The van der Waals surface area contributed by atoms with Gasteiger partial charge in [-0.1, -0.05) is 48.3 Å². The van der Waals surface area contributed by atoms with E-state index in [0.717, 1.165) is 30.4 Å². The van der Waals surface area contributed by atoms with Crippen LogP contribution in [0.5, 0.6) is 0 Å². The first-order valence-electron chi connectivity index (χ1n) is 7.40. The summed E-state index contributed by atoms with van der Waals surface area (Å²) in [4.78, 5) is 2.63. The summed E-state index contributed by atoms with van der Waals surface area (Å²) in [6.45, 7) is 6.81. The normalized spacial score (nSPS) is 26.3. The topological polar surface area (TPSA) is 29.3 Å².